The Labute approximate surface area is 156 Å². The molecule has 2 aromatic carbocycles. The lowest BCUT2D eigenvalue weighted by molar-refractivity contribution is -0.135. The van der Waals surface area contributed by atoms with Crippen molar-refractivity contribution in [2.75, 3.05) is 20.3 Å². The number of aromatic nitrogens is 2. The third-order valence-electron chi connectivity index (χ3n) is 4.83. The van der Waals surface area contributed by atoms with Crippen LogP contribution in [-0.2, 0) is 9.53 Å². The molecule has 1 aliphatic heterocycles. The summed E-state index contributed by atoms with van der Waals surface area (Å²) in [7, 11) is 1.64. The van der Waals surface area contributed by atoms with Crippen molar-refractivity contribution in [3.8, 4) is 5.75 Å². The fraction of sp³-hybridized carbons (Fsp3) is 0.350. The topological polar surface area (TPSA) is 77.7 Å². The molecule has 1 aliphatic rings. The van der Waals surface area contributed by atoms with Crippen molar-refractivity contribution in [1.82, 2.24) is 15.1 Å². The predicted molar refractivity (Wildman–Crippen MR) is 98.3 cm³/mol. The third kappa shape index (κ3) is 3.64. The fourth-order valence-corrected chi connectivity index (χ4v) is 3.41. The van der Waals surface area contributed by atoms with E-state index in [2.05, 4.69) is 10.2 Å². The highest BCUT2D eigenvalue weighted by Crippen LogP contribution is 2.32. The van der Waals surface area contributed by atoms with E-state index in [4.69, 9.17) is 13.9 Å². The summed E-state index contributed by atoms with van der Waals surface area (Å²) in [5, 5.41) is 10.1. The Morgan fingerprint density at radius 2 is 2.04 bits per heavy atom. The molecule has 140 valence electrons. The molecule has 1 amide bonds. The van der Waals surface area contributed by atoms with E-state index in [1.165, 1.54) is 0 Å². The van der Waals surface area contributed by atoms with Gasteiger partial charge in [-0.2, -0.15) is 0 Å². The van der Waals surface area contributed by atoms with Crippen LogP contribution in [0.5, 0.6) is 5.75 Å². The van der Waals surface area contributed by atoms with Gasteiger partial charge in [-0.15, -0.1) is 10.2 Å². The average Bonchev–Trinajstić information content (AvgIpc) is 3.32. The molecule has 0 saturated carbocycles. The van der Waals surface area contributed by atoms with Gasteiger partial charge in [-0.25, -0.2) is 0 Å². The van der Waals surface area contributed by atoms with E-state index >= 15 is 0 Å². The van der Waals surface area contributed by atoms with Crippen LogP contribution < -0.4 is 4.74 Å². The van der Waals surface area contributed by atoms with Gasteiger partial charge in [0.25, 0.3) is 5.91 Å². The van der Waals surface area contributed by atoms with E-state index in [9.17, 15) is 4.79 Å². The molecule has 3 aromatic rings. The Morgan fingerprint density at radius 3 is 2.78 bits per heavy atom. The number of aryl methyl sites for hydroxylation is 1. The number of carbonyl (C=O) groups excluding carboxylic acids is 1. The summed E-state index contributed by atoms with van der Waals surface area (Å²) < 4.78 is 16.7. The molecule has 0 aliphatic carbocycles. The van der Waals surface area contributed by atoms with Crippen molar-refractivity contribution in [3.63, 3.8) is 0 Å². The van der Waals surface area contributed by atoms with Gasteiger partial charge in [0.2, 0.25) is 11.8 Å². The zero-order valence-corrected chi connectivity index (χ0v) is 15.3. The van der Waals surface area contributed by atoms with Gasteiger partial charge in [-0.05, 0) is 22.9 Å². The van der Waals surface area contributed by atoms with Gasteiger partial charge >= 0.3 is 0 Å². The molecule has 7 heteroatoms. The number of rotatable bonds is 5. The summed E-state index contributed by atoms with van der Waals surface area (Å²) in [5.41, 5.74) is 0. The van der Waals surface area contributed by atoms with Crippen LogP contribution >= 0.6 is 0 Å². The molecule has 1 aromatic heterocycles. The second-order valence-corrected chi connectivity index (χ2v) is 6.61. The predicted octanol–water partition coefficient (Wildman–Crippen LogP) is 2.90. The van der Waals surface area contributed by atoms with Crippen molar-refractivity contribution in [3.05, 3.63) is 54.2 Å². The molecule has 0 N–H and O–H groups in total. The van der Waals surface area contributed by atoms with Gasteiger partial charge < -0.3 is 18.8 Å². The molecule has 2 atom stereocenters. The Kier molecular flexibility index (Phi) is 4.77. The molecular weight excluding hydrogens is 346 g/mol. The maximum atomic E-state index is 12.8. The molecule has 7 nitrogen and oxygen atoms in total. The highest BCUT2D eigenvalue weighted by molar-refractivity contribution is 5.84. The van der Waals surface area contributed by atoms with E-state index in [1.54, 1.807) is 18.9 Å². The van der Waals surface area contributed by atoms with Crippen LogP contribution in [-0.4, -0.2) is 47.4 Å². The first-order valence-corrected chi connectivity index (χ1v) is 8.88. The maximum Gasteiger partial charge on any atom is 0.261 e. The Hall–Kier alpha value is -2.93. The average molecular weight is 367 g/mol. The summed E-state index contributed by atoms with van der Waals surface area (Å²) >= 11 is 0. The number of likely N-dealkylation sites (tertiary alicyclic amines) is 1. The van der Waals surface area contributed by atoms with E-state index in [1.807, 2.05) is 42.5 Å². The second-order valence-electron chi connectivity index (χ2n) is 6.61. The number of carbonyl (C=O) groups is 1. The summed E-state index contributed by atoms with van der Waals surface area (Å²) in [6.07, 6.45) is 0.562. The number of ether oxygens (including phenoxy) is 2. The van der Waals surface area contributed by atoms with E-state index in [-0.39, 0.29) is 24.7 Å². The molecule has 27 heavy (non-hydrogen) atoms. The number of amides is 1. The minimum absolute atomic E-state index is 0.0571. The van der Waals surface area contributed by atoms with Gasteiger partial charge in [0.15, 0.2) is 6.61 Å². The summed E-state index contributed by atoms with van der Waals surface area (Å²) in [5.74, 6) is 1.44. The molecule has 4 rings (SSSR count). The lowest BCUT2D eigenvalue weighted by Crippen LogP contribution is -2.35. The highest BCUT2D eigenvalue weighted by atomic mass is 16.5. The van der Waals surface area contributed by atoms with Crippen LogP contribution in [0.4, 0.5) is 0 Å². The van der Waals surface area contributed by atoms with E-state index in [0.717, 1.165) is 10.8 Å². The van der Waals surface area contributed by atoms with Gasteiger partial charge in [0.1, 0.15) is 11.8 Å². The minimum atomic E-state index is -0.288. The third-order valence-corrected chi connectivity index (χ3v) is 4.83. The second kappa shape index (κ2) is 7.36. The van der Waals surface area contributed by atoms with Crippen LogP contribution in [0.3, 0.4) is 0 Å². The number of nitrogens with zero attached hydrogens (tertiary/aromatic N) is 3. The molecule has 1 fully saturated rings. The first kappa shape index (κ1) is 17.5. The number of methoxy groups -OCH3 is 1. The van der Waals surface area contributed by atoms with E-state index < -0.39 is 0 Å². The van der Waals surface area contributed by atoms with Crippen molar-refractivity contribution in [1.29, 1.82) is 0 Å². The Morgan fingerprint density at radius 1 is 1.22 bits per heavy atom. The molecule has 0 unspecified atom stereocenters. The summed E-state index contributed by atoms with van der Waals surface area (Å²) in [6, 6.07) is 13.5. The number of benzene rings is 2. The minimum Gasteiger partial charge on any atom is -0.484 e. The van der Waals surface area contributed by atoms with Gasteiger partial charge in [-0.1, -0.05) is 30.3 Å². The van der Waals surface area contributed by atoms with Crippen molar-refractivity contribution in [2.45, 2.75) is 25.5 Å². The number of hydrogen-bond donors (Lipinski definition) is 0. The standard InChI is InChI=1S/C20H21N3O4/c1-13-21-22-20(27-13)18-10-17(25-2)11-23(18)19(24)12-26-16-8-7-14-5-3-4-6-15(14)9-16/h3-9,17-18H,10-12H2,1-2H3/t17-,18+/m0/s1. The SMILES string of the molecule is CO[C@H]1C[C@H](c2nnc(C)o2)N(C(=O)COc2ccc3ccccc3c2)C1. The molecule has 0 bridgehead atoms. The molecule has 2 heterocycles. The van der Waals surface area contributed by atoms with Crippen molar-refractivity contribution >= 4 is 16.7 Å². The smallest absolute Gasteiger partial charge is 0.261 e. The van der Waals surface area contributed by atoms with Crippen LogP contribution in [0.2, 0.25) is 0 Å². The fourth-order valence-electron chi connectivity index (χ4n) is 3.41. The van der Waals surface area contributed by atoms with E-state index in [0.29, 0.717) is 30.5 Å². The van der Waals surface area contributed by atoms with Crippen LogP contribution in [0.15, 0.2) is 46.9 Å². The monoisotopic (exact) mass is 367 g/mol. The molecule has 1 saturated heterocycles. The zero-order chi connectivity index (χ0) is 18.8. The highest BCUT2D eigenvalue weighted by Gasteiger charge is 2.39. The lowest BCUT2D eigenvalue weighted by atomic mass is 10.1. The zero-order valence-electron chi connectivity index (χ0n) is 15.3. The summed E-state index contributed by atoms with van der Waals surface area (Å²) in [6.45, 7) is 2.15. The van der Waals surface area contributed by atoms with Gasteiger partial charge in [-0.3, -0.25) is 4.79 Å². The largest absolute Gasteiger partial charge is 0.484 e. The van der Waals surface area contributed by atoms with Crippen LogP contribution in [0.1, 0.15) is 24.2 Å². The Balaban J connectivity index is 1.46. The lowest BCUT2D eigenvalue weighted by Gasteiger charge is -2.21. The number of fused-ring (bicyclic) bond motifs is 1. The molecular formula is C20H21N3O4. The normalized spacial score (nSPS) is 19.6. The van der Waals surface area contributed by atoms with Crippen molar-refractivity contribution < 1.29 is 18.7 Å². The Bertz CT molecular complexity index is 955. The maximum absolute atomic E-state index is 12.8. The number of hydrogen-bond acceptors (Lipinski definition) is 6. The molecule has 0 radical (unpaired) electrons. The van der Waals surface area contributed by atoms with Gasteiger partial charge in [0.05, 0.1) is 6.10 Å². The van der Waals surface area contributed by atoms with Gasteiger partial charge in [0, 0.05) is 27.0 Å². The van der Waals surface area contributed by atoms with Crippen molar-refractivity contribution in [2.24, 2.45) is 0 Å². The first-order chi connectivity index (χ1) is 13.1. The first-order valence-electron chi connectivity index (χ1n) is 8.88. The molecule has 0 spiro atoms. The summed E-state index contributed by atoms with van der Waals surface area (Å²) in [4.78, 5) is 14.5. The van der Waals surface area contributed by atoms with Crippen LogP contribution in [0.25, 0.3) is 10.8 Å². The van der Waals surface area contributed by atoms with Crippen LogP contribution in [0, 0.1) is 6.92 Å². The quantitative estimate of drug-likeness (QED) is 0.690.